The summed E-state index contributed by atoms with van der Waals surface area (Å²) in [5.41, 5.74) is 2.24. The lowest BCUT2D eigenvalue weighted by molar-refractivity contribution is 0.0503. The third-order valence-electron chi connectivity index (χ3n) is 4.01. The minimum Gasteiger partial charge on any atom is -0.496 e. The van der Waals surface area contributed by atoms with Crippen molar-refractivity contribution in [2.24, 2.45) is 0 Å². The van der Waals surface area contributed by atoms with Crippen molar-refractivity contribution in [2.45, 2.75) is 6.42 Å². The lowest BCUT2D eigenvalue weighted by Crippen LogP contribution is -2.03. The molecule has 0 aromatic heterocycles. The van der Waals surface area contributed by atoms with E-state index in [4.69, 9.17) is 23.7 Å². The third-order valence-corrected chi connectivity index (χ3v) is 4.01. The average Bonchev–Trinajstić information content (AvgIpc) is 2.75. The molecule has 29 heavy (non-hydrogen) atoms. The SMILES string of the molecule is C=CCc1cc(C=CC(=O)c2ccc(OCOC)cc2)c(OC)cc1OCOC. The zero-order valence-electron chi connectivity index (χ0n) is 17.0. The smallest absolute Gasteiger partial charge is 0.188 e. The summed E-state index contributed by atoms with van der Waals surface area (Å²) in [6.07, 6.45) is 5.63. The fourth-order valence-electron chi connectivity index (χ4n) is 2.61. The molecule has 0 saturated carbocycles. The first-order chi connectivity index (χ1) is 14.1. The Morgan fingerprint density at radius 1 is 0.966 bits per heavy atom. The van der Waals surface area contributed by atoms with Gasteiger partial charge in [-0.1, -0.05) is 6.08 Å². The third kappa shape index (κ3) is 6.48. The van der Waals surface area contributed by atoms with Gasteiger partial charge in [-0.05, 0) is 54.5 Å². The number of methoxy groups -OCH3 is 3. The molecular weight excluding hydrogens is 372 g/mol. The summed E-state index contributed by atoms with van der Waals surface area (Å²) >= 11 is 0. The highest BCUT2D eigenvalue weighted by Crippen LogP contribution is 2.31. The number of carbonyl (C=O) groups excluding carboxylic acids is 1. The van der Waals surface area contributed by atoms with Crippen molar-refractivity contribution in [2.75, 3.05) is 34.9 Å². The van der Waals surface area contributed by atoms with Crippen LogP contribution in [0.3, 0.4) is 0 Å². The van der Waals surface area contributed by atoms with Crippen molar-refractivity contribution in [3.8, 4) is 17.2 Å². The summed E-state index contributed by atoms with van der Waals surface area (Å²) in [4.78, 5) is 12.5. The van der Waals surface area contributed by atoms with E-state index in [1.54, 1.807) is 63.8 Å². The standard InChI is InChI=1S/C23H26O6/c1-5-6-18-13-19(22(27-4)14-23(18)29-16-26-3)9-12-21(24)17-7-10-20(11-8-17)28-15-25-2/h5,7-14H,1,6,15-16H2,2-4H3. The Bertz CT molecular complexity index is 839. The predicted molar refractivity (Wildman–Crippen MR) is 112 cm³/mol. The maximum Gasteiger partial charge on any atom is 0.188 e. The molecule has 0 unspecified atom stereocenters. The van der Waals surface area contributed by atoms with E-state index in [2.05, 4.69) is 6.58 Å². The number of allylic oxidation sites excluding steroid dienone is 2. The molecule has 0 radical (unpaired) electrons. The number of ketones is 1. The Kier molecular flexibility index (Phi) is 8.95. The highest BCUT2D eigenvalue weighted by atomic mass is 16.7. The molecule has 0 spiro atoms. The van der Waals surface area contributed by atoms with Gasteiger partial charge >= 0.3 is 0 Å². The summed E-state index contributed by atoms with van der Waals surface area (Å²) in [6.45, 7) is 4.07. The van der Waals surface area contributed by atoms with Gasteiger partial charge in [-0.25, -0.2) is 0 Å². The number of hydrogen-bond acceptors (Lipinski definition) is 6. The first-order valence-corrected chi connectivity index (χ1v) is 9.00. The normalized spacial score (nSPS) is 10.7. The minimum absolute atomic E-state index is 0.129. The van der Waals surface area contributed by atoms with Crippen LogP contribution in [0, 0.1) is 0 Å². The second-order valence-corrected chi connectivity index (χ2v) is 6.02. The molecule has 2 aromatic carbocycles. The van der Waals surface area contributed by atoms with Crippen LogP contribution < -0.4 is 14.2 Å². The largest absolute Gasteiger partial charge is 0.496 e. The minimum atomic E-state index is -0.129. The summed E-state index contributed by atoms with van der Waals surface area (Å²) in [7, 11) is 4.68. The van der Waals surface area contributed by atoms with Crippen LogP contribution in [0.1, 0.15) is 21.5 Å². The van der Waals surface area contributed by atoms with E-state index in [1.165, 1.54) is 6.08 Å². The summed E-state index contributed by atoms with van der Waals surface area (Å²) < 4.78 is 26.2. The van der Waals surface area contributed by atoms with E-state index < -0.39 is 0 Å². The molecule has 0 aliphatic rings. The number of rotatable bonds is 12. The Hall–Kier alpha value is -3.09. The van der Waals surface area contributed by atoms with Crippen LogP contribution in [0.4, 0.5) is 0 Å². The van der Waals surface area contributed by atoms with Crippen molar-refractivity contribution in [3.05, 3.63) is 71.8 Å². The van der Waals surface area contributed by atoms with Crippen molar-refractivity contribution >= 4 is 11.9 Å². The second kappa shape index (κ2) is 11.7. The highest BCUT2D eigenvalue weighted by Gasteiger charge is 2.11. The lowest BCUT2D eigenvalue weighted by atomic mass is 10.0. The van der Waals surface area contributed by atoms with Crippen molar-refractivity contribution < 1.29 is 28.5 Å². The van der Waals surface area contributed by atoms with E-state index in [9.17, 15) is 4.79 Å². The first kappa shape index (κ1) is 22.2. The number of ether oxygens (including phenoxy) is 5. The summed E-state index contributed by atoms with van der Waals surface area (Å²) in [6, 6.07) is 10.6. The highest BCUT2D eigenvalue weighted by molar-refractivity contribution is 6.07. The fourth-order valence-corrected chi connectivity index (χ4v) is 2.61. The van der Waals surface area contributed by atoms with E-state index in [0.717, 1.165) is 11.1 Å². The molecular formula is C23H26O6. The molecule has 2 aromatic rings. The second-order valence-electron chi connectivity index (χ2n) is 6.02. The van der Waals surface area contributed by atoms with Gasteiger partial charge in [-0.2, -0.15) is 0 Å². The van der Waals surface area contributed by atoms with Gasteiger partial charge in [0, 0.05) is 31.4 Å². The molecule has 0 saturated heterocycles. The van der Waals surface area contributed by atoms with Crippen LogP contribution in [0.15, 0.2) is 55.1 Å². The Labute approximate surface area is 171 Å². The molecule has 2 rings (SSSR count). The van der Waals surface area contributed by atoms with Gasteiger partial charge in [0.1, 0.15) is 17.2 Å². The summed E-state index contributed by atoms with van der Waals surface area (Å²) in [5, 5.41) is 0. The number of carbonyl (C=O) groups is 1. The molecule has 0 aliphatic carbocycles. The Morgan fingerprint density at radius 3 is 2.28 bits per heavy atom. The maximum atomic E-state index is 12.5. The monoisotopic (exact) mass is 398 g/mol. The number of hydrogen-bond donors (Lipinski definition) is 0. The molecule has 6 heteroatoms. The van der Waals surface area contributed by atoms with Crippen molar-refractivity contribution in [3.63, 3.8) is 0 Å². The topological polar surface area (TPSA) is 63.2 Å². The fraction of sp³-hybridized carbons (Fsp3) is 0.261. The predicted octanol–water partition coefficient (Wildman–Crippen LogP) is 4.29. The quantitative estimate of drug-likeness (QED) is 0.230. The van der Waals surface area contributed by atoms with Crippen LogP contribution in [0.2, 0.25) is 0 Å². The van der Waals surface area contributed by atoms with Crippen LogP contribution >= 0.6 is 0 Å². The molecule has 6 nitrogen and oxygen atoms in total. The number of benzene rings is 2. The van der Waals surface area contributed by atoms with Gasteiger partial charge in [0.05, 0.1) is 7.11 Å². The molecule has 0 heterocycles. The summed E-state index contributed by atoms with van der Waals surface area (Å²) in [5.74, 6) is 1.75. The van der Waals surface area contributed by atoms with Gasteiger partial charge in [-0.3, -0.25) is 4.79 Å². The van der Waals surface area contributed by atoms with E-state index >= 15 is 0 Å². The van der Waals surface area contributed by atoms with Crippen LogP contribution in [-0.2, 0) is 15.9 Å². The zero-order chi connectivity index (χ0) is 21.1. The van der Waals surface area contributed by atoms with Crippen LogP contribution in [0.5, 0.6) is 17.2 Å². The Morgan fingerprint density at radius 2 is 1.66 bits per heavy atom. The lowest BCUT2D eigenvalue weighted by Gasteiger charge is -2.14. The van der Waals surface area contributed by atoms with E-state index in [1.807, 2.05) is 6.07 Å². The van der Waals surface area contributed by atoms with E-state index in [-0.39, 0.29) is 19.4 Å². The van der Waals surface area contributed by atoms with Gasteiger partial charge in [0.2, 0.25) is 0 Å². The molecule has 154 valence electrons. The first-order valence-electron chi connectivity index (χ1n) is 9.00. The van der Waals surface area contributed by atoms with Gasteiger partial charge in [0.25, 0.3) is 0 Å². The molecule has 0 aliphatic heterocycles. The average molecular weight is 398 g/mol. The maximum absolute atomic E-state index is 12.5. The van der Waals surface area contributed by atoms with Crippen LogP contribution in [0.25, 0.3) is 6.08 Å². The molecule has 0 atom stereocenters. The van der Waals surface area contributed by atoms with Gasteiger partial charge in [0.15, 0.2) is 19.4 Å². The van der Waals surface area contributed by atoms with E-state index in [0.29, 0.717) is 29.2 Å². The van der Waals surface area contributed by atoms with Crippen molar-refractivity contribution in [1.29, 1.82) is 0 Å². The zero-order valence-corrected chi connectivity index (χ0v) is 17.0. The molecule has 0 fully saturated rings. The Balaban J connectivity index is 2.22. The molecule has 0 amide bonds. The molecule has 0 bridgehead atoms. The van der Waals surface area contributed by atoms with Gasteiger partial charge in [-0.15, -0.1) is 6.58 Å². The van der Waals surface area contributed by atoms with Gasteiger partial charge < -0.3 is 23.7 Å². The van der Waals surface area contributed by atoms with Crippen molar-refractivity contribution in [1.82, 2.24) is 0 Å². The molecule has 0 N–H and O–H groups in total. The van der Waals surface area contributed by atoms with Crippen LogP contribution in [-0.4, -0.2) is 40.7 Å².